The summed E-state index contributed by atoms with van der Waals surface area (Å²) in [4.78, 5) is 26.3. The summed E-state index contributed by atoms with van der Waals surface area (Å²) in [7, 11) is 4.01. The molecule has 174 valence electrons. The van der Waals surface area contributed by atoms with Crippen molar-refractivity contribution in [1.82, 2.24) is 4.90 Å². The number of ether oxygens (including phenoxy) is 3. The van der Waals surface area contributed by atoms with Gasteiger partial charge in [-0.1, -0.05) is 44.2 Å². The highest BCUT2D eigenvalue weighted by molar-refractivity contribution is 5.74. The van der Waals surface area contributed by atoms with Crippen LogP contribution in [0.4, 0.5) is 0 Å². The van der Waals surface area contributed by atoms with Gasteiger partial charge < -0.3 is 19.1 Å². The standard InChI is InChI=1S/C26H35NO5/c1-19(2)22-17-23(20(3)16-24(22)30-15-14-27(4)5)32-26(29)13-9-12-25(28)31-18-21-10-7-6-8-11-21/h6-8,10-11,16-17,19H,9,12-15,18H2,1-5H3. The second-order valence-electron chi connectivity index (χ2n) is 8.44. The van der Waals surface area contributed by atoms with E-state index < -0.39 is 0 Å². The Kier molecular flexibility index (Phi) is 10.2. The minimum absolute atomic E-state index is 0.151. The maximum Gasteiger partial charge on any atom is 0.311 e. The first kappa shape index (κ1) is 25.4. The van der Waals surface area contributed by atoms with Gasteiger partial charge in [0.1, 0.15) is 24.7 Å². The van der Waals surface area contributed by atoms with Gasteiger partial charge in [-0.05, 0) is 56.6 Å². The highest BCUT2D eigenvalue weighted by Gasteiger charge is 2.16. The van der Waals surface area contributed by atoms with Crippen molar-refractivity contribution in [2.45, 2.75) is 52.6 Å². The van der Waals surface area contributed by atoms with Crippen LogP contribution in [0.2, 0.25) is 0 Å². The minimum atomic E-state index is -0.361. The fourth-order valence-electron chi connectivity index (χ4n) is 3.06. The number of carbonyl (C=O) groups is 2. The lowest BCUT2D eigenvalue weighted by atomic mass is 9.99. The number of esters is 2. The minimum Gasteiger partial charge on any atom is -0.492 e. The first-order valence-corrected chi connectivity index (χ1v) is 11.1. The molecule has 0 bridgehead atoms. The van der Waals surface area contributed by atoms with Gasteiger partial charge in [-0.25, -0.2) is 0 Å². The van der Waals surface area contributed by atoms with Crippen LogP contribution in [-0.4, -0.2) is 44.1 Å². The second-order valence-corrected chi connectivity index (χ2v) is 8.44. The van der Waals surface area contributed by atoms with Crippen LogP contribution in [0.1, 0.15) is 55.7 Å². The Labute approximate surface area is 191 Å². The fourth-order valence-corrected chi connectivity index (χ4v) is 3.06. The molecule has 0 spiro atoms. The number of aryl methyl sites for hydroxylation is 1. The molecule has 6 heteroatoms. The van der Waals surface area contributed by atoms with Crippen LogP contribution in [0.3, 0.4) is 0 Å². The van der Waals surface area contributed by atoms with E-state index in [0.29, 0.717) is 18.8 Å². The third-order valence-corrected chi connectivity index (χ3v) is 4.95. The molecule has 0 unspecified atom stereocenters. The lowest BCUT2D eigenvalue weighted by Crippen LogP contribution is -2.20. The van der Waals surface area contributed by atoms with Gasteiger partial charge in [0.05, 0.1) is 0 Å². The van der Waals surface area contributed by atoms with Crippen molar-refractivity contribution in [3.05, 3.63) is 59.2 Å². The van der Waals surface area contributed by atoms with Crippen molar-refractivity contribution < 1.29 is 23.8 Å². The number of hydrogen-bond acceptors (Lipinski definition) is 6. The van der Waals surface area contributed by atoms with Crippen molar-refractivity contribution in [2.75, 3.05) is 27.2 Å². The molecule has 32 heavy (non-hydrogen) atoms. The molecule has 0 aliphatic heterocycles. The van der Waals surface area contributed by atoms with Crippen molar-refractivity contribution >= 4 is 11.9 Å². The van der Waals surface area contributed by atoms with Crippen LogP contribution in [0.5, 0.6) is 11.5 Å². The Hall–Kier alpha value is -2.86. The topological polar surface area (TPSA) is 65.1 Å². The van der Waals surface area contributed by atoms with E-state index in [1.165, 1.54) is 0 Å². The second kappa shape index (κ2) is 12.9. The van der Waals surface area contributed by atoms with Gasteiger partial charge in [-0.15, -0.1) is 0 Å². The lowest BCUT2D eigenvalue weighted by Gasteiger charge is -2.18. The summed E-state index contributed by atoms with van der Waals surface area (Å²) in [6, 6.07) is 13.3. The Morgan fingerprint density at radius 3 is 2.31 bits per heavy atom. The highest BCUT2D eigenvalue weighted by Crippen LogP contribution is 2.33. The predicted octanol–water partition coefficient (Wildman–Crippen LogP) is 4.88. The van der Waals surface area contributed by atoms with E-state index in [1.807, 2.05) is 63.5 Å². The maximum atomic E-state index is 12.3. The molecule has 0 aliphatic carbocycles. The normalized spacial score (nSPS) is 11.0. The number of benzene rings is 2. The summed E-state index contributed by atoms with van der Waals surface area (Å²) in [6.45, 7) is 7.70. The molecule has 2 aromatic carbocycles. The van der Waals surface area contributed by atoms with Crippen LogP contribution in [0.25, 0.3) is 0 Å². The van der Waals surface area contributed by atoms with Gasteiger partial charge in [0.15, 0.2) is 0 Å². The first-order chi connectivity index (χ1) is 15.3. The summed E-state index contributed by atoms with van der Waals surface area (Å²) < 4.78 is 16.8. The maximum absolute atomic E-state index is 12.3. The van der Waals surface area contributed by atoms with Gasteiger partial charge in [0.2, 0.25) is 0 Å². The van der Waals surface area contributed by atoms with E-state index in [0.717, 1.165) is 29.0 Å². The van der Waals surface area contributed by atoms with Crippen molar-refractivity contribution in [3.8, 4) is 11.5 Å². The Balaban J connectivity index is 1.84. The van der Waals surface area contributed by atoms with Gasteiger partial charge in [0.25, 0.3) is 0 Å². The van der Waals surface area contributed by atoms with E-state index >= 15 is 0 Å². The largest absolute Gasteiger partial charge is 0.492 e. The molecule has 0 aromatic heterocycles. The summed E-state index contributed by atoms with van der Waals surface area (Å²) in [5, 5.41) is 0. The molecule has 0 heterocycles. The number of likely N-dealkylation sites (N-methyl/N-ethyl adjacent to an activating group) is 1. The molecule has 2 aromatic rings. The zero-order valence-electron chi connectivity index (χ0n) is 19.8. The first-order valence-electron chi connectivity index (χ1n) is 11.1. The summed E-state index contributed by atoms with van der Waals surface area (Å²) in [5.74, 6) is 0.895. The molecule has 0 aliphatic rings. The molecule has 0 N–H and O–H groups in total. The molecule has 6 nitrogen and oxygen atoms in total. The number of hydrogen-bond donors (Lipinski definition) is 0. The van der Waals surface area contributed by atoms with Crippen LogP contribution in [0.15, 0.2) is 42.5 Å². The van der Waals surface area contributed by atoms with Gasteiger partial charge in [-0.2, -0.15) is 0 Å². The summed E-state index contributed by atoms with van der Waals surface area (Å²) >= 11 is 0. The van der Waals surface area contributed by atoms with Crippen molar-refractivity contribution in [2.24, 2.45) is 0 Å². The molecule has 0 saturated heterocycles. The molecule has 0 fully saturated rings. The zero-order chi connectivity index (χ0) is 23.5. The van der Waals surface area contributed by atoms with E-state index in [-0.39, 0.29) is 37.3 Å². The van der Waals surface area contributed by atoms with E-state index in [9.17, 15) is 9.59 Å². The SMILES string of the molecule is Cc1cc(OCCN(C)C)c(C(C)C)cc1OC(=O)CCCC(=O)OCc1ccccc1. The van der Waals surface area contributed by atoms with Gasteiger partial charge in [0, 0.05) is 24.9 Å². The van der Waals surface area contributed by atoms with Gasteiger partial charge in [-0.3, -0.25) is 9.59 Å². The highest BCUT2D eigenvalue weighted by atomic mass is 16.5. The lowest BCUT2D eigenvalue weighted by molar-refractivity contribution is -0.145. The third kappa shape index (κ3) is 8.71. The molecule has 2 rings (SSSR count). The van der Waals surface area contributed by atoms with Crippen LogP contribution in [-0.2, 0) is 20.9 Å². The van der Waals surface area contributed by atoms with Gasteiger partial charge >= 0.3 is 11.9 Å². The Morgan fingerprint density at radius 2 is 1.66 bits per heavy atom. The summed E-state index contributed by atoms with van der Waals surface area (Å²) in [6.07, 6.45) is 0.711. The number of nitrogens with zero attached hydrogens (tertiary/aromatic N) is 1. The quantitative estimate of drug-likeness (QED) is 0.346. The van der Waals surface area contributed by atoms with Crippen molar-refractivity contribution in [1.29, 1.82) is 0 Å². The average molecular weight is 442 g/mol. The third-order valence-electron chi connectivity index (χ3n) is 4.95. The number of carbonyl (C=O) groups excluding carboxylic acids is 2. The van der Waals surface area contributed by atoms with Crippen LogP contribution >= 0.6 is 0 Å². The molecule has 0 amide bonds. The molecule has 0 atom stereocenters. The van der Waals surface area contributed by atoms with E-state index in [1.54, 1.807) is 0 Å². The molecular formula is C26H35NO5. The molecule has 0 radical (unpaired) electrons. The van der Waals surface area contributed by atoms with Crippen molar-refractivity contribution in [3.63, 3.8) is 0 Å². The number of rotatable bonds is 12. The molecule has 0 saturated carbocycles. The smallest absolute Gasteiger partial charge is 0.311 e. The molecular weight excluding hydrogens is 406 g/mol. The predicted molar refractivity (Wildman–Crippen MR) is 125 cm³/mol. The Bertz CT molecular complexity index is 877. The average Bonchev–Trinajstić information content (AvgIpc) is 2.74. The van der Waals surface area contributed by atoms with Crippen LogP contribution < -0.4 is 9.47 Å². The Morgan fingerprint density at radius 1 is 0.969 bits per heavy atom. The summed E-state index contributed by atoms with van der Waals surface area (Å²) in [5.41, 5.74) is 2.78. The fraction of sp³-hybridized carbons (Fsp3) is 0.462. The van der Waals surface area contributed by atoms with E-state index in [2.05, 4.69) is 18.7 Å². The van der Waals surface area contributed by atoms with Crippen LogP contribution in [0, 0.1) is 6.92 Å². The van der Waals surface area contributed by atoms with E-state index in [4.69, 9.17) is 14.2 Å². The monoisotopic (exact) mass is 441 g/mol. The zero-order valence-corrected chi connectivity index (χ0v) is 19.8.